The Labute approximate surface area is 103 Å². The fraction of sp³-hybridized carbons (Fsp3) is 0.929. The van der Waals surface area contributed by atoms with Crippen LogP contribution in [0.3, 0.4) is 0 Å². The van der Waals surface area contributed by atoms with E-state index in [-0.39, 0.29) is 5.92 Å². The van der Waals surface area contributed by atoms with Crippen LogP contribution >= 0.6 is 0 Å². The van der Waals surface area contributed by atoms with Gasteiger partial charge in [0.1, 0.15) is 0 Å². The van der Waals surface area contributed by atoms with E-state index in [0.29, 0.717) is 17.9 Å². The molecule has 0 radical (unpaired) electrons. The van der Waals surface area contributed by atoms with Crippen LogP contribution in [-0.2, 0) is 4.79 Å². The number of carboxylic acid groups (broad SMARTS) is 1. The van der Waals surface area contributed by atoms with Gasteiger partial charge >= 0.3 is 5.97 Å². The molecule has 0 aromatic carbocycles. The molecule has 2 saturated carbocycles. The van der Waals surface area contributed by atoms with Crippen molar-refractivity contribution in [2.45, 2.75) is 39.2 Å². The Hall–Kier alpha value is -0.570. The van der Waals surface area contributed by atoms with Crippen molar-refractivity contribution in [2.75, 3.05) is 13.1 Å². The summed E-state index contributed by atoms with van der Waals surface area (Å²) in [7, 11) is 0. The molecule has 3 rings (SSSR count). The van der Waals surface area contributed by atoms with E-state index >= 15 is 0 Å². The topological polar surface area (TPSA) is 40.5 Å². The Morgan fingerprint density at radius 2 is 1.88 bits per heavy atom. The molecule has 1 saturated heterocycles. The van der Waals surface area contributed by atoms with Gasteiger partial charge in [-0.2, -0.15) is 0 Å². The van der Waals surface area contributed by atoms with Crippen LogP contribution in [-0.4, -0.2) is 35.1 Å². The summed E-state index contributed by atoms with van der Waals surface area (Å²) >= 11 is 0. The highest BCUT2D eigenvalue weighted by Crippen LogP contribution is 2.52. The van der Waals surface area contributed by atoms with Gasteiger partial charge in [0.2, 0.25) is 0 Å². The van der Waals surface area contributed by atoms with Gasteiger partial charge in [-0.15, -0.1) is 0 Å². The maximum absolute atomic E-state index is 11.4. The van der Waals surface area contributed by atoms with E-state index in [2.05, 4.69) is 18.7 Å². The Kier molecular flexibility index (Phi) is 2.69. The molecule has 1 aliphatic heterocycles. The van der Waals surface area contributed by atoms with Gasteiger partial charge in [-0.1, -0.05) is 13.8 Å². The average Bonchev–Trinajstić information content (AvgIpc) is 2.73. The third-order valence-corrected chi connectivity index (χ3v) is 5.46. The number of fused-ring (bicyclic) bond motifs is 2. The first-order chi connectivity index (χ1) is 8.08. The Morgan fingerprint density at radius 1 is 1.24 bits per heavy atom. The largest absolute Gasteiger partial charge is 0.481 e. The van der Waals surface area contributed by atoms with Crippen molar-refractivity contribution >= 4 is 5.97 Å². The molecule has 0 aromatic heterocycles. The molecular weight excluding hydrogens is 214 g/mol. The van der Waals surface area contributed by atoms with Crippen LogP contribution in [0, 0.1) is 29.6 Å². The van der Waals surface area contributed by atoms with E-state index in [9.17, 15) is 9.90 Å². The second-order valence-electron chi connectivity index (χ2n) is 6.65. The number of likely N-dealkylation sites (tertiary alicyclic amines) is 1. The zero-order valence-corrected chi connectivity index (χ0v) is 10.8. The number of carbonyl (C=O) groups is 1. The van der Waals surface area contributed by atoms with Crippen LogP contribution in [0.1, 0.15) is 33.1 Å². The monoisotopic (exact) mass is 237 g/mol. The first kappa shape index (κ1) is 11.5. The first-order valence-electron chi connectivity index (χ1n) is 7.04. The summed E-state index contributed by atoms with van der Waals surface area (Å²) in [6.45, 7) is 6.82. The molecule has 2 aliphatic carbocycles. The predicted molar refractivity (Wildman–Crippen MR) is 65.6 cm³/mol. The quantitative estimate of drug-likeness (QED) is 0.817. The highest BCUT2D eigenvalue weighted by molar-refractivity contribution is 5.72. The van der Waals surface area contributed by atoms with E-state index in [0.717, 1.165) is 31.3 Å². The summed E-state index contributed by atoms with van der Waals surface area (Å²) in [5.41, 5.74) is 0. The van der Waals surface area contributed by atoms with Crippen molar-refractivity contribution in [3.8, 4) is 0 Å². The number of hydrogen-bond acceptors (Lipinski definition) is 2. The molecule has 4 unspecified atom stereocenters. The van der Waals surface area contributed by atoms with Crippen molar-refractivity contribution in [1.82, 2.24) is 4.90 Å². The number of carboxylic acids is 1. The van der Waals surface area contributed by atoms with Gasteiger partial charge in [0, 0.05) is 19.1 Å². The lowest BCUT2D eigenvalue weighted by Crippen LogP contribution is -2.58. The summed E-state index contributed by atoms with van der Waals surface area (Å²) in [5, 5.41) is 9.42. The van der Waals surface area contributed by atoms with Crippen LogP contribution in [0.25, 0.3) is 0 Å². The van der Waals surface area contributed by atoms with Gasteiger partial charge in [0.15, 0.2) is 0 Å². The van der Waals surface area contributed by atoms with Crippen LogP contribution < -0.4 is 0 Å². The number of rotatable bonds is 3. The van der Waals surface area contributed by atoms with Crippen molar-refractivity contribution in [2.24, 2.45) is 29.6 Å². The van der Waals surface area contributed by atoms with Crippen LogP contribution in [0.15, 0.2) is 0 Å². The summed E-state index contributed by atoms with van der Waals surface area (Å²) in [5.74, 6) is 2.07. The molecule has 3 fully saturated rings. The van der Waals surface area contributed by atoms with Crippen molar-refractivity contribution < 1.29 is 9.90 Å². The summed E-state index contributed by atoms with van der Waals surface area (Å²) < 4.78 is 0. The smallest absolute Gasteiger partial charge is 0.308 e. The van der Waals surface area contributed by atoms with Gasteiger partial charge in [-0.25, -0.2) is 0 Å². The van der Waals surface area contributed by atoms with E-state index in [1.54, 1.807) is 0 Å². The molecule has 3 aliphatic rings. The maximum Gasteiger partial charge on any atom is 0.308 e. The molecule has 3 nitrogen and oxygen atoms in total. The lowest BCUT2D eigenvalue weighted by atomic mass is 9.79. The van der Waals surface area contributed by atoms with Crippen molar-refractivity contribution in [3.63, 3.8) is 0 Å². The molecule has 1 heterocycles. The Morgan fingerprint density at radius 3 is 2.47 bits per heavy atom. The molecule has 2 bridgehead atoms. The van der Waals surface area contributed by atoms with Gasteiger partial charge in [-0.05, 0) is 42.9 Å². The molecule has 0 spiro atoms. The minimum atomic E-state index is -0.546. The minimum absolute atomic E-state index is 0.0677. The standard InChI is InChI=1S/C14H23NO2/c1-8(2)11-6-15(7-11)13-10-4-3-9(5-10)12(13)14(16)17/h8-13H,3-7H2,1-2H3,(H,16,17). The van der Waals surface area contributed by atoms with Gasteiger partial charge in [0.05, 0.1) is 5.92 Å². The molecule has 0 amide bonds. The van der Waals surface area contributed by atoms with Crippen LogP contribution in [0.4, 0.5) is 0 Å². The zero-order valence-electron chi connectivity index (χ0n) is 10.8. The molecule has 3 heteroatoms. The highest BCUT2D eigenvalue weighted by Gasteiger charge is 2.54. The van der Waals surface area contributed by atoms with Crippen LogP contribution in [0.2, 0.25) is 0 Å². The highest BCUT2D eigenvalue weighted by atomic mass is 16.4. The summed E-state index contributed by atoms with van der Waals surface area (Å²) in [6, 6.07) is 0.362. The SMILES string of the molecule is CC(C)C1CN(C2C3CCC(C3)C2C(=O)O)C1. The number of hydrogen-bond donors (Lipinski definition) is 1. The second-order valence-corrected chi connectivity index (χ2v) is 6.65. The van der Waals surface area contributed by atoms with E-state index in [4.69, 9.17) is 0 Å². The Balaban J connectivity index is 1.69. The second kappa shape index (κ2) is 3.98. The lowest BCUT2D eigenvalue weighted by Gasteiger charge is -2.49. The number of aliphatic carboxylic acids is 1. The average molecular weight is 237 g/mol. The van der Waals surface area contributed by atoms with E-state index < -0.39 is 5.97 Å². The van der Waals surface area contributed by atoms with Gasteiger partial charge in [-0.3, -0.25) is 9.69 Å². The molecular formula is C14H23NO2. The summed E-state index contributed by atoms with van der Waals surface area (Å²) in [4.78, 5) is 13.9. The fourth-order valence-corrected chi connectivity index (χ4v) is 4.35. The van der Waals surface area contributed by atoms with Gasteiger partial charge < -0.3 is 5.11 Å². The Bertz CT molecular complexity index is 322. The summed E-state index contributed by atoms with van der Waals surface area (Å²) in [6.07, 6.45) is 3.59. The third kappa shape index (κ3) is 1.70. The van der Waals surface area contributed by atoms with Crippen molar-refractivity contribution in [1.29, 1.82) is 0 Å². The maximum atomic E-state index is 11.4. The molecule has 4 atom stereocenters. The lowest BCUT2D eigenvalue weighted by molar-refractivity contribution is -0.148. The molecule has 1 N–H and O–H groups in total. The normalized spacial score (nSPS) is 42.1. The minimum Gasteiger partial charge on any atom is -0.481 e. The molecule has 96 valence electrons. The van der Waals surface area contributed by atoms with E-state index in [1.807, 2.05) is 0 Å². The fourth-order valence-electron chi connectivity index (χ4n) is 4.35. The molecule has 0 aromatic rings. The predicted octanol–water partition coefficient (Wildman–Crippen LogP) is 2.07. The zero-order chi connectivity index (χ0) is 12.2. The van der Waals surface area contributed by atoms with Crippen molar-refractivity contribution in [3.05, 3.63) is 0 Å². The first-order valence-corrected chi connectivity index (χ1v) is 7.04. The van der Waals surface area contributed by atoms with E-state index in [1.165, 1.54) is 12.8 Å². The van der Waals surface area contributed by atoms with Crippen LogP contribution in [0.5, 0.6) is 0 Å². The van der Waals surface area contributed by atoms with Gasteiger partial charge in [0.25, 0.3) is 0 Å². The number of nitrogens with zero attached hydrogens (tertiary/aromatic N) is 1. The molecule has 17 heavy (non-hydrogen) atoms. The third-order valence-electron chi connectivity index (χ3n) is 5.46.